The summed E-state index contributed by atoms with van der Waals surface area (Å²) in [5, 5.41) is 8.18. The Morgan fingerprint density at radius 2 is 1.65 bits per heavy atom. The molecule has 3 aromatic rings. The van der Waals surface area contributed by atoms with Crippen molar-refractivity contribution in [2.45, 2.75) is 25.3 Å². The molecular formula is C25H26N4O5. The largest absolute Gasteiger partial charge is 0.497 e. The van der Waals surface area contributed by atoms with Crippen LogP contribution < -0.4 is 24.3 Å². The van der Waals surface area contributed by atoms with Gasteiger partial charge in [0.05, 0.1) is 28.4 Å². The number of allylic oxidation sites excluding steroid dienone is 2. The molecule has 1 atom stereocenters. The molecule has 34 heavy (non-hydrogen) atoms. The van der Waals surface area contributed by atoms with E-state index < -0.39 is 6.04 Å². The number of anilines is 1. The summed E-state index contributed by atoms with van der Waals surface area (Å²) < 4.78 is 23.5. The summed E-state index contributed by atoms with van der Waals surface area (Å²) >= 11 is 0. The van der Waals surface area contributed by atoms with Crippen molar-refractivity contribution in [3.8, 4) is 34.4 Å². The van der Waals surface area contributed by atoms with Crippen molar-refractivity contribution in [2.75, 3.05) is 33.8 Å². The number of hydrogen-bond donors (Lipinski definition) is 1. The van der Waals surface area contributed by atoms with Crippen molar-refractivity contribution in [3.63, 3.8) is 0 Å². The van der Waals surface area contributed by atoms with Crippen molar-refractivity contribution >= 4 is 11.7 Å². The van der Waals surface area contributed by atoms with Crippen molar-refractivity contribution in [1.82, 2.24) is 14.8 Å². The summed E-state index contributed by atoms with van der Waals surface area (Å²) in [5.74, 6) is 3.66. The van der Waals surface area contributed by atoms with Crippen LogP contribution in [-0.4, -0.2) is 49.0 Å². The summed E-state index contributed by atoms with van der Waals surface area (Å²) in [4.78, 5) is 17.9. The van der Waals surface area contributed by atoms with Crippen LogP contribution in [0.3, 0.4) is 0 Å². The van der Waals surface area contributed by atoms with Crippen LogP contribution in [0.5, 0.6) is 23.0 Å². The quantitative estimate of drug-likeness (QED) is 0.587. The van der Waals surface area contributed by atoms with E-state index in [0.717, 1.165) is 29.7 Å². The highest BCUT2D eigenvalue weighted by atomic mass is 16.5. The molecule has 0 fully saturated rings. The topological polar surface area (TPSA) is 96.7 Å². The van der Waals surface area contributed by atoms with Crippen LogP contribution in [0.1, 0.15) is 30.9 Å². The van der Waals surface area contributed by atoms with E-state index in [1.165, 1.54) is 0 Å². The molecule has 2 heterocycles. The number of carbonyl (C=O) groups excluding carboxylic acids is 1. The molecule has 0 amide bonds. The average Bonchev–Trinajstić information content (AvgIpc) is 3.30. The van der Waals surface area contributed by atoms with Crippen LogP contribution in [-0.2, 0) is 4.79 Å². The number of fused-ring (bicyclic) bond motifs is 1. The van der Waals surface area contributed by atoms with Crippen LogP contribution in [0.4, 0.5) is 5.95 Å². The fraction of sp³-hybridized carbons (Fsp3) is 0.320. The van der Waals surface area contributed by atoms with Gasteiger partial charge in [0.15, 0.2) is 23.1 Å². The van der Waals surface area contributed by atoms with Crippen LogP contribution >= 0.6 is 0 Å². The Balaban J connectivity index is 1.67. The molecule has 9 nitrogen and oxygen atoms in total. The van der Waals surface area contributed by atoms with Gasteiger partial charge in [0, 0.05) is 29.3 Å². The molecule has 1 aliphatic carbocycles. The first-order valence-corrected chi connectivity index (χ1v) is 11.0. The van der Waals surface area contributed by atoms with Crippen LogP contribution in [0.2, 0.25) is 0 Å². The molecule has 0 radical (unpaired) electrons. The number of ether oxygens (including phenoxy) is 4. The zero-order valence-electron chi connectivity index (χ0n) is 19.5. The molecule has 0 saturated heterocycles. The van der Waals surface area contributed by atoms with E-state index in [1.54, 1.807) is 39.2 Å². The molecule has 2 aliphatic rings. The minimum absolute atomic E-state index is 0.110. The second-order valence-electron chi connectivity index (χ2n) is 8.12. The van der Waals surface area contributed by atoms with E-state index in [4.69, 9.17) is 29.0 Å². The molecule has 176 valence electrons. The van der Waals surface area contributed by atoms with Gasteiger partial charge in [-0.2, -0.15) is 4.98 Å². The van der Waals surface area contributed by atoms with Crippen LogP contribution in [0.25, 0.3) is 11.4 Å². The Labute approximate surface area is 197 Å². The number of carbonyl (C=O) groups is 1. The maximum atomic E-state index is 13.1. The highest BCUT2D eigenvalue weighted by Gasteiger charge is 2.37. The van der Waals surface area contributed by atoms with Gasteiger partial charge in [-0.15, -0.1) is 5.10 Å². The molecule has 1 aliphatic heterocycles. The number of rotatable bonds is 6. The molecule has 0 bridgehead atoms. The van der Waals surface area contributed by atoms with E-state index in [1.807, 2.05) is 30.3 Å². The van der Waals surface area contributed by atoms with Gasteiger partial charge in [0.25, 0.3) is 0 Å². The van der Waals surface area contributed by atoms with Gasteiger partial charge in [-0.1, -0.05) is 6.07 Å². The van der Waals surface area contributed by atoms with Crippen molar-refractivity contribution in [2.24, 2.45) is 0 Å². The number of benzene rings is 2. The van der Waals surface area contributed by atoms with Gasteiger partial charge in [-0.25, -0.2) is 4.68 Å². The van der Waals surface area contributed by atoms with Crippen LogP contribution in [0.15, 0.2) is 47.7 Å². The molecule has 9 heteroatoms. The van der Waals surface area contributed by atoms with Gasteiger partial charge >= 0.3 is 0 Å². The first kappa shape index (κ1) is 21.8. The predicted molar refractivity (Wildman–Crippen MR) is 126 cm³/mol. The van der Waals surface area contributed by atoms with Crippen molar-refractivity contribution in [1.29, 1.82) is 0 Å². The van der Waals surface area contributed by atoms with E-state index in [2.05, 4.69) is 5.32 Å². The Hall–Kier alpha value is -4.01. The number of nitrogens with one attached hydrogen (secondary N) is 1. The highest BCUT2D eigenvalue weighted by Crippen LogP contribution is 2.43. The lowest BCUT2D eigenvalue weighted by molar-refractivity contribution is -0.116. The number of methoxy groups -OCH3 is 4. The third kappa shape index (κ3) is 3.63. The molecule has 0 unspecified atom stereocenters. The second kappa shape index (κ2) is 8.74. The number of ketones is 1. The molecule has 1 aromatic heterocycles. The van der Waals surface area contributed by atoms with Gasteiger partial charge in [-0.3, -0.25) is 4.79 Å². The van der Waals surface area contributed by atoms with Crippen molar-refractivity contribution < 1.29 is 23.7 Å². The van der Waals surface area contributed by atoms with E-state index >= 15 is 0 Å². The summed E-state index contributed by atoms with van der Waals surface area (Å²) in [7, 11) is 6.39. The molecule has 2 aromatic carbocycles. The zero-order valence-corrected chi connectivity index (χ0v) is 19.5. The van der Waals surface area contributed by atoms with E-state index in [-0.39, 0.29) is 5.78 Å². The monoisotopic (exact) mass is 462 g/mol. The smallest absolute Gasteiger partial charge is 0.226 e. The highest BCUT2D eigenvalue weighted by molar-refractivity contribution is 5.99. The average molecular weight is 463 g/mol. The summed E-state index contributed by atoms with van der Waals surface area (Å²) in [5.41, 5.74) is 3.22. The maximum absolute atomic E-state index is 13.1. The zero-order chi connectivity index (χ0) is 23.8. The van der Waals surface area contributed by atoms with Gasteiger partial charge in [-0.05, 0) is 42.7 Å². The molecule has 0 saturated carbocycles. The van der Waals surface area contributed by atoms with Gasteiger partial charge in [0.1, 0.15) is 17.5 Å². The van der Waals surface area contributed by atoms with Gasteiger partial charge in [0.2, 0.25) is 5.95 Å². The lowest BCUT2D eigenvalue weighted by Crippen LogP contribution is -2.31. The Morgan fingerprint density at radius 1 is 0.912 bits per heavy atom. The Kier molecular flexibility index (Phi) is 5.61. The lowest BCUT2D eigenvalue weighted by atomic mass is 9.85. The maximum Gasteiger partial charge on any atom is 0.226 e. The Bertz CT molecular complexity index is 1270. The minimum Gasteiger partial charge on any atom is -0.497 e. The summed E-state index contributed by atoms with van der Waals surface area (Å²) in [6, 6.07) is 10.7. The third-order valence-corrected chi connectivity index (χ3v) is 6.20. The second-order valence-corrected chi connectivity index (χ2v) is 8.12. The number of hydrogen-bond acceptors (Lipinski definition) is 8. The number of aromatic nitrogens is 3. The fourth-order valence-electron chi connectivity index (χ4n) is 4.55. The summed E-state index contributed by atoms with van der Waals surface area (Å²) in [6.45, 7) is 0. The normalized spacial score (nSPS) is 16.9. The first-order chi connectivity index (χ1) is 16.6. The number of nitrogens with zero attached hydrogens (tertiary/aromatic N) is 3. The van der Waals surface area contributed by atoms with Crippen LogP contribution in [0, 0.1) is 0 Å². The molecule has 0 spiro atoms. The molecular weight excluding hydrogens is 436 g/mol. The van der Waals surface area contributed by atoms with E-state index in [0.29, 0.717) is 46.8 Å². The fourth-order valence-corrected chi connectivity index (χ4v) is 4.55. The third-order valence-electron chi connectivity index (χ3n) is 6.20. The first-order valence-electron chi connectivity index (χ1n) is 11.0. The Morgan fingerprint density at radius 3 is 2.32 bits per heavy atom. The standard InChI is InChI=1S/C25H26N4O5/c1-31-16-10-15(11-17(13-16)32-2)24-27-25-26-18-6-5-7-19(30)22(18)23(29(25)28-24)14-8-9-20(33-3)21(12-14)34-4/h8-13,23H,5-7H2,1-4H3,(H,26,27,28)/t23-/m0/s1. The molecule has 5 rings (SSSR count). The van der Waals surface area contributed by atoms with E-state index in [9.17, 15) is 4.79 Å². The SMILES string of the molecule is COc1cc(OC)cc(-c2nc3n(n2)[C@@H](c2ccc(OC)c(OC)c2)C2=C(CCCC2=O)N3)c1. The lowest BCUT2D eigenvalue weighted by Gasteiger charge is -2.32. The number of Topliss-reactive ketones (excluding diaryl/α,β-unsaturated/α-hetero) is 1. The minimum atomic E-state index is -0.437. The summed E-state index contributed by atoms with van der Waals surface area (Å²) in [6.07, 6.45) is 2.09. The molecule has 1 N–H and O–H groups in total. The predicted octanol–water partition coefficient (Wildman–Crippen LogP) is 4.00. The van der Waals surface area contributed by atoms with Gasteiger partial charge < -0.3 is 24.3 Å². The van der Waals surface area contributed by atoms with Crippen molar-refractivity contribution in [3.05, 3.63) is 53.2 Å².